The number of fused-ring (bicyclic) bond motifs is 3. The Morgan fingerprint density at radius 1 is 0.970 bits per heavy atom. The molecule has 0 bridgehead atoms. The van der Waals surface area contributed by atoms with Crippen LogP contribution in [0.5, 0.6) is 0 Å². The van der Waals surface area contributed by atoms with Gasteiger partial charge in [-0.3, -0.25) is 0 Å². The van der Waals surface area contributed by atoms with Crippen LogP contribution in [-0.4, -0.2) is 23.6 Å². The third-order valence-corrected chi connectivity index (χ3v) is 6.86. The first-order chi connectivity index (χ1) is 16.1. The molecule has 0 N–H and O–H groups in total. The van der Waals surface area contributed by atoms with Crippen molar-refractivity contribution in [3.8, 4) is 0 Å². The topological polar surface area (TPSA) is 48.3 Å². The van der Waals surface area contributed by atoms with Gasteiger partial charge in [0.1, 0.15) is 6.29 Å². The number of hydrogen-bond donors (Lipinski definition) is 0. The first-order valence-corrected chi connectivity index (χ1v) is 11.5. The maximum Gasteiger partial charge on any atom is 0.418 e. The molecule has 0 fully saturated rings. The second-order valence-corrected chi connectivity index (χ2v) is 8.73. The van der Waals surface area contributed by atoms with Gasteiger partial charge in [-0.15, -0.1) is 0 Å². The number of rotatable bonds is 4. The Labute approximate surface area is 193 Å². The van der Waals surface area contributed by atoms with E-state index in [1.54, 1.807) is 4.57 Å². The van der Waals surface area contributed by atoms with Crippen molar-refractivity contribution in [2.75, 3.05) is 6.61 Å². The Hall–Kier alpha value is -3.66. The quantitative estimate of drug-likeness (QED) is 0.355. The zero-order valence-corrected chi connectivity index (χ0v) is 18.9. The Balaban J connectivity index is 1.81. The first kappa shape index (κ1) is 21.2. The van der Waals surface area contributed by atoms with Gasteiger partial charge in [-0.25, -0.2) is 9.36 Å². The molecule has 1 aliphatic carbocycles. The molecule has 1 heterocycles. The van der Waals surface area contributed by atoms with E-state index in [1.807, 2.05) is 49.4 Å². The zero-order valence-electron chi connectivity index (χ0n) is 18.9. The number of carbonyl (C=O) groups excluding carboxylic acids is 2. The third-order valence-electron chi connectivity index (χ3n) is 6.86. The standard InChI is InChI=1S/C29H27NO3/c1-3-33-29(32)30-25-12-8-7-11-22(25)28-26(30)17-23(20-15-13-19(2)14-16-20)24(18-31)27(28)21-9-5-4-6-10-21/h4-16,18,23-24,27H,3,17H2,1-2H3/t23-,24+,27-/m1/s1. The molecule has 166 valence electrons. The molecule has 5 rings (SSSR count). The lowest BCUT2D eigenvalue weighted by Crippen LogP contribution is -2.32. The van der Waals surface area contributed by atoms with E-state index in [0.29, 0.717) is 13.0 Å². The third kappa shape index (κ3) is 3.56. The van der Waals surface area contributed by atoms with Crippen LogP contribution in [0.25, 0.3) is 10.9 Å². The summed E-state index contributed by atoms with van der Waals surface area (Å²) in [5.74, 6) is -0.443. The summed E-state index contributed by atoms with van der Waals surface area (Å²) in [6, 6.07) is 26.5. The van der Waals surface area contributed by atoms with Gasteiger partial charge in [-0.05, 0) is 48.9 Å². The molecule has 0 amide bonds. The van der Waals surface area contributed by atoms with Gasteiger partial charge in [-0.1, -0.05) is 78.4 Å². The molecule has 4 heteroatoms. The lowest BCUT2D eigenvalue weighted by Gasteiger charge is -2.36. The maximum atomic E-state index is 13.1. The maximum absolute atomic E-state index is 13.1. The van der Waals surface area contributed by atoms with Crippen LogP contribution in [0.15, 0.2) is 78.9 Å². The fraction of sp³-hybridized carbons (Fsp3) is 0.241. The van der Waals surface area contributed by atoms with Crippen molar-refractivity contribution in [3.63, 3.8) is 0 Å². The van der Waals surface area contributed by atoms with Crippen molar-refractivity contribution in [2.45, 2.75) is 32.1 Å². The average molecular weight is 438 g/mol. The minimum atomic E-state index is -0.367. The molecule has 3 aromatic carbocycles. The molecule has 1 aromatic heterocycles. The van der Waals surface area contributed by atoms with Gasteiger partial charge in [0.15, 0.2) is 0 Å². The monoisotopic (exact) mass is 437 g/mol. The van der Waals surface area contributed by atoms with E-state index in [1.165, 1.54) is 5.56 Å². The summed E-state index contributed by atoms with van der Waals surface area (Å²) in [5, 5.41) is 1.00. The van der Waals surface area contributed by atoms with Crippen molar-refractivity contribution < 1.29 is 14.3 Å². The van der Waals surface area contributed by atoms with Crippen LogP contribution in [0, 0.1) is 12.8 Å². The van der Waals surface area contributed by atoms with Gasteiger partial charge in [0, 0.05) is 22.9 Å². The SMILES string of the molecule is CCOC(=O)n1c2c(c3ccccc31)[C@H](c1ccccc1)[C@@H](C=O)[C@@H](c1ccc(C)cc1)C2. The Kier molecular flexibility index (Phi) is 5.59. The van der Waals surface area contributed by atoms with Crippen molar-refractivity contribution in [2.24, 2.45) is 5.92 Å². The molecule has 0 aliphatic heterocycles. The van der Waals surface area contributed by atoms with Crippen molar-refractivity contribution in [1.29, 1.82) is 0 Å². The molecular weight excluding hydrogens is 410 g/mol. The zero-order chi connectivity index (χ0) is 22.9. The summed E-state index contributed by atoms with van der Waals surface area (Å²) in [6.45, 7) is 4.19. The molecule has 0 saturated carbocycles. The van der Waals surface area contributed by atoms with Gasteiger partial charge < -0.3 is 9.53 Å². The summed E-state index contributed by atoms with van der Waals surface area (Å²) in [7, 11) is 0. The fourth-order valence-electron chi connectivity index (χ4n) is 5.41. The van der Waals surface area contributed by atoms with Crippen LogP contribution >= 0.6 is 0 Å². The molecule has 0 radical (unpaired) electrons. The minimum Gasteiger partial charge on any atom is -0.449 e. The van der Waals surface area contributed by atoms with E-state index in [2.05, 4.69) is 43.3 Å². The molecule has 0 spiro atoms. The van der Waals surface area contributed by atoms with Crippen molar-refractivity contribution in [1.82, 2.24) is 4.57 Å². The average Bonchev–Trinajstić information content (AvgIpc) is 3.18. The van der Waals surface area contributed by atoms with Crippen molar-refractivity contribution in [3.05, 3.63) is 107 Å². The summed E-state index contributed by atoms with van der Waals surface area (Å²) < 4.78 is 7.19. The first-order valence-electron chi connectivity index (χ1n) is 11.5. The Bertz CT molecular complexity index is 1300. The normalized spacial score (nSPS) is 19.8. The van der Waals surface area contributed by atoms with Crippen molar-refractivity contribution >= 4 is 23.3 Å². The van der Waals surface area contributed by atoms with Crippen LogP contribution < -0.4 is 0 Å². The molecule has 33 heavy (non-hydrogen) atoms. The predicted molar refractivity (Wildman–Crippen MR) is 130 cm³/mol. The molecule has 4 nitrogen and oxygen atoms in total. The highest BCUT2D eigenvalue weighted by Gasteiger charge is 2.42. The van der Waals surface area contributed by atoms with E-state index in [9.17, 15) is 9.59 Å². The van der Waals surface area contributed by atoms with Crippen LogP contribution in [0.1, 0.15) is 46.7 Å². The van der Waals surface area contributed by atoms with Gasteiger partial charge >= 0.3 is 6.09 Å². The minimum absolute atomic E-state index is 0.0432. The second kappa shape index (κ2) is 8.70. The Morgan fingerprint density at radius 2 is 1.67 bits per heavy atom. The molecular formula is C29H27NO3. The number of nitrogens with zero attached hydrogens (tertiary/aromatic N) is 1. The highest BCUT2D eigenvalue weighted by molar-refractivity contribution is 5.95. The summed E-state index contributed by atoms with van der Waals surface area (Å²) in [4.78, 5) is 25.8. The number of carbonyl (C=O) groups is 2. The van der Waals surface area contributed by atoms with E-state index in [4.69, 9.17) is 4.74 Å². The number of aldehydes is 1. The van der Waals surface area contributed by atoms with E-state index < -0.39 is 0 Å². The largest absolute Gasteiger partial charge is 0.449 e. The summed E-state index contributed by atoms with van der Waals surface area (Å²) in [5.41, 5.74) is 6.20. The molecule has 4 aromatic rings. The van der Waals surface area contributed by atoms with Crippen LogP contribution in [0.3, 0.4) is 0 Å². The van der Waals surface area contributed by atoms with Crippen LogP contribution in [0.2, 0.25) is 0 Å². The number of ether oxygens (including phenoxy) is 1. The molecule has 0 unspecified atom stereocenters. The van der Waals surface area contributed by atoms with E-state index >= 15 is 0 Å². The lowest BCUT2D eigenvalue weighted by atomic mass is 9.66. The molecule has 3 atom stereocenters. The fourth-order valence-corrected chi connectivity index (χ4v) is 5.41. The second-order valence-electron chi connectivity index (χ2n) is 8.73. The predicted octanol–water partition coefficient (Wildman–Crippen LogP) is 6.24. The smallest absolute Gasteiger partial charge is 0.418 e. The number of benzene rings is 3. The highest BCUT2D eigenvalue weighted by atomic mass is 16.5. The molecule has 0 saturated heterocycles. The number of hydrogen-bond acceptors (Lipinski definition) is 3. The highest BCUT2D eigenvalue weighted by Crippen LogP contribution is 2.50. The van der Waals surface area contributed by atoms with Gasteiger partial charge in [0.05, 0.1) is 12.1 Å². The van der Waals surface area contributed by atoms with Gasteiger partial charge in [0.2, 0.25) is 0 Å². The number of para-hydroxylation sites is 1. The van der Waals surface area contributed by atoms with Gasteiger partial charge in [-0.2, -0.15) is 0 Å². The van der Waals surface area contributed by atoms with Gasteiger partial charge in [0.25, 0.3) is 0 Å². The summed E-state index contributed by atoms with van der Waals surface area (Å²) >= 11 is 0. The van der Waals surface area contributed by atoms with Crippen LogP contribution in [-0.2, 0) is 16.0 Å². The van der Waals surface area contributed by atoms with Crippen LogP contribution in [0.4, 0.5) is 4.79 Å². The summed E-state index contributed by atoms with van der Waals surface area (Å²) in [6.07, 6.45) is 1.34. The number of aryl methyl sites for hydroxylation is 1. The van der Waals surface area contributed by atoms with E-state index in [0.717, 1.165) is 39.6 Å². The lowest BCUT2D eigenvalue weighted by molar-refractivity contribution is -0.112. The Morgan fingerprint density at radius 3 is 2.36 bits per heavy atom. The molecule has 1 aliphatic rings. The number of aromatic nitrogens is 1. The van der Waals surface area contributed by atoms with E-state index in [-0.39, 0.29) is 23.8 Å².